The first-order chi connectivity index (χ1) is 16.5. The molecule has 1 N–H and O–H groups in total. The number of amides is 2. The van der Waals surface area contributed by atoms with Crippen molar-refractivity contribution in [3.05, 3.63) is 112 Å². The van der Waals surface area contributed by atoms with E-state index in [4.69, 9.17) is 0 Å². The lowest BCUT2D eigenvalue weighted by Crippen LogP contribution is -2.28. The molecule has 2 heterocycles. The summed E-state index contributed by atoms with van der Waals surface area (Å²) < 4.78 is 1.47. The molecule has 2 amide bonds. The predicted octanol–water partition coefficient (Wildman–Crippen LogP) is 4.24. The predicted molar refractivity (Wildman–Crippen MR) is 126 cm³/mol. The number of hydrogen-bond acceptors (Lipinski definition) is 5. The Morgan fingerprint density at radius 1 is 0.941 bits per heavy atom. The van der Waals surface area contributed by atoms with E-state index in [2.05, 4.69) is 10.4 Å². The summed E-state index contributed by atoms with van der Waals surface area (Å²) in [5, 5.41) is 17.8. The lowest BCUT2D eigenvalue weighted by atomic mass is 10.1. The number of anilines is 2. The minimum Gasteiger partial charge on any atom is -0.322 e. The van der Waals surface area contributed by atoms with Gasteiger partial charge in [0.1, 0.15) is 0 Å². The van der Waals surface area contributed by atoms with E-state index in [1.165, 1.54) is 23.0 Å². The SMILES string of the molecule is O=C(Nc1ccc(C(=O)N2CCc3ccccc32)cc1)c1cnn(-c2ccc([N+](=O)[O-])cc2)c1. The third-order valence-electron chi connectivity index (χ3n) is 5.69. The summed E-state index contributed by atoms with van der Waals surface area (Å²) in [6.07, 6.45) is 3.79. The summed E-state index contributed by atoms with van der Waals surface area (Å²) >= 11 is 0. The molecule has 168 valence electrons. The second kappa shape index (κ2) is 8.62. The fourth-order valence-electron chi connectivity index (χ4n) is 3.91. The van der Waals surface area contributed by atoms with Crippen molar-refractivity contribution in [2.24, 2.45) is 0 Å². The van der Waals surface area contributed by atoms with Gasteiger partial charge in [0, 0.05) is 41.8 Å². The highest BCUT2D eigenvalue weighted by Crippen LogP contribution is 2.29. The molecule has 0 saturated carbocycles. The number of nitrogens with zero attached hydrogens (tertiary/aromatic N) is 4. The molecule has 1 aliphatic rings. The maximum absolute atomic E-state index is 13.0. The van der Waals surface area contributed by atoms with Crippen LogP contribution < -0.4 is 10.2 Å². The van der Waals surface area contributed by atoms with Gasteiger partial charge >= 0.3 is 0 Å². The third kappa shape index (κ3) is 4.02. The zero-order valence-corrected chi connectivity index (χ0v) is 17.9. The molecule has 3 aromatic carbocycles. The van der Waals surface area contributed by atoms with Crippen molar-refractivity contribution < 1.29 is 14.5 Å². The van der Waals surface area contributed by atoms with Gasteiger partial charge < -0.3 is 10.2 Å². The van der Waals surface area contributed by atoms with Crippen LogP contribution in [-0.2, 0) is 6.42 Å². The van der Waals surface area contributed by atoms with Crippen molar-refractivity contribution in [1.82, 2.24) is 9.78 Å². The maximum atomic E-state index is 13.0. The Hall–Kier alpha value is -4.79. The quantitative estimate of drug-likeness (QED) is 0.359. The van der Waals surface area contributed by atoms with E-state index in [9.17, 15) is 19.7 Å². The van der Waals surface area contributed by atoms with Gasteiger partial charge in [-0.1, -0.05) is 18.2 Å². The first kappa shape index (κ1) is 21.1. The highest BCUT2D eigenvalue weighted by Gasteiger charge is 2.25. The van der Waals surface area contributed by atoms with Gasteiger partial charge in [-0.15, -0.1) is 0 Å². The van der Waals surface area contributed by atoms with E-state index < -0.39 is 4.92 Å². The molecule has 0 aliphatic carbocycles. The lowest BCUT2D eigenvalue weighted by molar-refractivity contribution is -0.384. The third-order valence-corrected chi connectivity index (χ3v) is 5.69. The van der Waals surface area contributed by atoms with E-state index in [0.717, 1.165) is 17.7 Å². The van der Waals surface area contributed by atoms with Crippen LogP contribution in [0.1, 0.15) is 26.3 Å². The van der Waals surface area contributed by atoms with Gasteiger partial charge in [0.05, 0.1) is 22.4 Å². The van der Waals surface area contributed by atoms with Gasteiger partial charge in [0.25, 0.3) is 17.5 Å². The summed E-state index contributed by atoms with van der Waals surface area (Å²) in [4.78, 5) is 37.7. The number of benzene rings is 3. The van der Waals surface area contributed by atoms with Crippen LogP contribution in [0, 0.1) is 10.1 Å². The molecule has 1 aliphatic heterocycles. The van der Waals surface area contributed by atoms with Gasteiger partial charge in [-0.25, -0.2) is 4.68 Å². The van der Waals surface area contributed by atoms with Crippen molar-refractivity contribution in [1.29, 1.82) is 0 Å². The zero-order chi connectivity index (χ0) is 23.7. The topological polar surface area (TPSA) is 110 Å². The summed E-state index contributed by atoms with van der Waals surface area (Å²) in [6.45, 7) is 0.648. The second-order valence-corrected chi connectivity index (χ2v) is 7.81. The number of rotatable bonds is 5. The molecule has 5 rings (SSSR count). The standard InChI is InChI=1S/C25H19N5O4/c31-24(19-15-26-29(16-19)21-9-11-22(12-10-21)30(33)34)27-20-7-5-18(6-8-20)25(32)28-14-13-17-3-1-2-4-23(17)28/h1-12,15-16H,13-14H2,(H,27,31). The number of nitro benzene ring substituents is 1. The minimum atomic E-state index is -0.478. The summed E-state index contributed by atoms with van der Waals surface area (Å²) in [7, 11) is 0. The number of carbonyl (C=O) groups excluding carboxylic acids is 2. The minimum absolute atomic E-state index is 0.0234. The summed E-state index contributed by atoms with van der Waals surface area (Å²) in [6, 6.07) is 20.5. The van der Waals surface area contributed by atoms with Crippen LogP contribution in [0.4, 0.5) is 17.1 Å². The van der Waals surface area contributed by atoms with Crippen LogP contribution in [0.5, 0.6) is 0 Å². The molecule has 0 saturated heterocycles. The molecule has 0 unspecified atom stereocenters. The number of nitro groups is 1. The van der Waals surface area contributed by atoms with Crippen LogP contribution in [0.3, 0.4) is 0 Å². The Morgan fingerprint density at radius 2 is 1.68 bits per heavy atom. The molecular weight excluding hydrogens is 434 g/mol. The van der Waals surface area contributed by atoms with E-state index in [-0.39, 0.29) is 17.5 Å². The Kier molecular flexibility index (Phi) is 5.35. The van der Waals surface area contributed by atoms with Crippen molar-refractivity contribution in [3.8, 4) is 5.69 Å². The van der Waals surface area contributed by atoms with Gasteiger partial charge in [0.2, 0.25) is 0 Å². The Balaban J connectivity index is 1.25. The van der Waals surface area contributed by atoms with E-state index >= 15 is 0 Å². The van der Waals surface area contributed by atoms with Crippen molar-refractivity contribution in [2.45, 2.75) is 6.42 Å². The average molecular weight is 453 g/mol. The number of aromatic nitrogens is 2. The molecule has 34 heavy (non-hydrogen) atoms. The number of non-ortho nitro benzene ring substituents is 1. The molecule has 4 aromatic rings. The molecule has 9 nitrogen and oxygen atoms in total. The van der Waals surface area contributed by atoms with Crippen LogP contribution >= 0.6 is 0 Å². The van der Waals surface area contributed by atoms with Gasteiger partial charge in [-0.05, 0) is 54.4 Å². The fourth-order valence-corrected chi connectivity index (χ4v) is 3.91. The number of nitrogens with one attached hydrogen (secondary N) is 1. The first-order valence-electron chi connectivity index (χ1n) is 10.6. The Labute approximate surface area is 194 Å². The van der Waals surface area contributed by atoms with Crippen LogP contribution in [0.15, 0.2) is 85.2 Å². The highest BCUT2D eigenvalue weighted by atomic mass is 16.6. The normalized spacial score (nSPS) is 12.3. The van der Waals surface area contributed by atoms with Gasteiger partial charge in [0.15, 0.2) is 0 Å². The number of para-hydroxylation sites is 1. The highest BCUT2D eigenvalue weighted by molar-refractivity contribution is 6.08. The van der Waals surface area contributed by atoms with E-state index in [0.29, 0.717) is 29.0 Å². The lowest BCUT2D eigenvalue weighted by Gasteiger charge is -2.17. The van der Waals surface area contributed by atoms with Crippen LogP contribution in [0.2, 0.25) is 0 Å². The molecule has 0 spiro atoms. The van der Waals surface area contributed by atoms with Crippen LogP contribution in [-0.4, -0.2) is 33.1 Å². The van der Waals surface area contributed by atoms with Crippen molar-refractivity contribution >= 4 is 28.9 Å². The zero-order valence-electron chi connectivity index (χ0n) is 17.9. The van der Waals surface area contributed by atoms with E-state index in [1.807, 2.05) is 24.3 Å². The fraction of sp³-hybridized carbons (Fsp3) is 0.0800. The molecule has 1 aromatic heterocycles. The molecule has 0 radical (unpaired) electrons. The molecule has 0 fully saturated rings. The maximum Gasteiger partial charge on any atom is 0.269 e. The van der Waals surface area contributed by atoms with Crippen molar-refractivity contribution in [2.75, 3.05) is 16.8 Å². The van der Waals surface area contributed by atoms with Gasteiger partial charge in [-0.2, -0.15) is 5.10 Å². The molecule has 0 atom stereocenters. The smallest absolute Gasteiger partial charge is 0.269 e. The first-order valence-corrected chi connectivity index (χ1v) is 10.6. The van der Waals surface area contributed by atoms with Gasteiger partial charge in [-0.3, -0.25) is 19.7 Å². The van der Waals surface area contributed by atoms with E-state index in [1.54, 1.807) is 47.5 Å². The Bertz CT molecular complexity index is 1390. The average Bonchev–Trinajstić information content (AvgIpc) is 3.52. The largest absolute Gasteiger partial charge is 0.322 e. The van der Waals surface area contributed by atoms with Crippen molar-refractivity contribution in [3.63, 3.8) is 0 Å². The molecule has 0 bridgehead atoms. The second-order valence-electron chi connectivity index (χ2n) is 7.81. The summed E-state index contributed by atoms with van der Waals surface area (Å²) in [5.41, 5.74) is 4.09. The molecule has 9 heteroatoms. The Morgan fingerprint density at radius 3 is 2.41 bits per heavy atom. The summed E-state index contributed by atoms with van der Waals surface area (Å²) in [5.74, 6) is -0.437. The number of hydrogen-bond donors (Lipinski definition) is 1. The molecular formula is C25H19N5O4. The number of fused-ring (bicyclic) bond motifs is 1. The monoisotopic (exact) mass is 453 g/mol. The number of carbonyl (C=O) groups is 2. The van der Waals surface area contributed by atoms with Crippen LogP contribution in [0.25, 0.3) is 5.69 Å².